The molecule has 0 radical (unpaired) electrons. The Morgan fingerprint density at radius 3 is 2.29 bits per heavy atom. The fourth-order valence-corrected chi connectivity index (χ4v) is 2.01. The third-order valence-electron chi connectivity index (χ3n) is 0.640. The minimum absolute atomic E-state index is 1.27. The van der Waals surface area contributed by atoms with Crippen LogP contribution in [0.4, 0.5) is 0 Å². The molecule has 0 aromatic carbocycles. The summed E-state index contributed by atoms with van der Waals surface area (Å²) >= 11 is 1.75. The number of hydrogen-bond donors (Lipinski definition) is 0. The second-order valence-electron chi connectivity index (χ2n) is 1.28. The highest BCUT2D eigenvalue weighted by molar-refractivity contribution is 7.44. The summed E-state index contributed by atoms with van der Waals surface area (Å²) < 4.78 is 1.30. The maximum absolute atomic E-state index is 2.66. The Bertz CT molecular complexity index is 142. The van der Waals surface area contributed by atoms with Crippen molar-refractivity contribution in [1.82, 2.24) is 0 Å². The Labute approximate surface area is 51.7 Å². The largest absolute Gasteiger partial charge is 0.144 e. The molecular formula is C4H6P2S. The molecule has 0 aliphatic carbocycles. The van der Waals surface area contributed by atoms with Crippen LogP contribution in [0.15, 0.2) is 11.4 Å². The van der Waals surface area contributed by atoms with Gasteiger partial charge in [-0.1, -0.05) is 9.24 Å². The lowest BCUT2D eigenvalue weighted by Gasteiger charge is -1.70. The minimum atomic E-state index is 1.27. The third-order valence-corrected chi connectivity index (χ3v) is 2.57. The molecule has 0 bridgehead atoms. The van der Waals surface area contributed by atoms with Gasteiger partial charge in [0, 0.05) is 4.62 Å². The Morgan fingerprint density at radius 2 is 2.14 bits per heavy atom. The van der Waals surface area contributed by atoms with Crippen molar-refractivity contribution in [3.05, 3.63) is 11.4 Å². The lowest BCUT2D eigenvalue weighted by Crippen LogP contribution is -1.82. The van der Waals surface area contributed by atoms with E-state index < -0.39 is 0 Å². The van der Waals surface area contributed by atoms with E-state index in [-0.39, 0.29) is 0 Å². The molecule has 0 spiro atoms. The van der Waals surface area contributed by atoms with Crippen LogP contribution in [0.1, 0.15) is 0 Å². The van der Waals surface area contributed by atoms with Gasteiger partial charge in [-0.05, 0) is 16.8 Å². The predicted molar refractivity (Wildman–Crippen MR) is 43.0 cm³/mol. The van der Waals surface area contributed by atoms with Crippen molar-refractivity contribution < 1.29 is 0 Å². The van der Waals surface area contributed by atoms with Gasteiger partial charge in [-0.2, -0.15) is 0 Å². The van der Waals surface area contributed by atoms with Crippen molar-refractivity contribution >= 4 is 39.7 Å². The van der Waals surface area contributed by atoms with Crippen molar-refractivity contribution in [3.63, 3.8) is 0 Å². The molecule has 0 fully saturated rings. The normalized spacial score (nSPS) is 9.43. The number of hydrogen-bond acceptors (Lipinski definition) is 1. The summed E-state index contributed by atoms with van der Waals surface area (Å²) in [6.45, 7) is 0. The van der Waals surface area contributed by atoms with Gasteiger partial charge < -0.3 is 0 Å². The minimum Gasteiger partial charge on any atom is -0.144 e. The van der Waals surface area contributed by atoms with Crippen LogP contribution in [-0.2, 0) is 0 Å². The van der Waals surface area contributed by atoms with Gasteiger partial charge in [0.1, 0.15) is 0 Å². The SMILES string of the molecule is Pc1csc(P)c1. The first-order valence-electron chi connectivity index (χ1n) is 1.88. The number of rotatable bonds is 0. The summed E-state index contributed by atoms with van der Waals surface area (Å²) in [7, 11) is 5.30. The van der Waals surface area contributed by atoms with Crippen molar-refractivity contribution in [2.24, 2.45) is 0 Å². The predicted octanol–water partition coefficient (Wildman–Crippen LogP) is 0.749. The van der Waals surface area contributed by atoms with Crippen molar-refractivity contribution in [1.29, 1.82) is 0 Å². The Morgan fingerprint density at radius 1 is 1.43 bits per heavy atom. The fourth-order valence-electron chi connectivity index (χ4n) is 0.368. The molecule has 0 aliphatic rings. The first-order valence-corrected chi connectivity index (χ1v) is 3.92. The molecule has 1 rings (SSSR count). The quantitative estimate of drug-likeness (QED) is 0.476. The molecule has 0 nitrogen and oxygen atoms in total. The summed E-state index contributed by atoms with van der Waals surface area (Å²) in [5.41, 5.74) is 0. The summed E-state index contributed by atoms with van der Waals surface area (Å²) in [6, 6.07) is 2.11. The van der Waals surface area contributed by atoms with Crippen molar-refractivity contribution in [2.75, 3.05) is 0 Å². The maximum Gasteiger partial charge on any atom is 0.0222 e. The first-order chi connectivity index (χ1) is 3.29. The van der Waals surface area contributed by atoms with Gasteiger partial charge >= 0.3 is 0 Å². The van der Waals surface area contributed by atoms with Crippen molar-refractivity contribution in [2.45, 2.75) is 0 Å². The molecule has 7 heavy (non-hydrogen) atoms. The molecule has 1 aromatic rings. The molecule has 1 aromatic heterocycles. The molecule has 0 saturated heterocycles. The highest BCUT2D eigenvalue weighted by Crippen LogP contribution is 1.98. The Hall–Kier alpha value is 0.560. The molecule has 2 unspecified atom stereocenters. The molecular weight excluding hydrogens is 142 g/mol. The van der Waals surface area contributed by atoms with Gasteiger partial charge in [-0.15, -0.1) is 20.6 Å². The Kier molecular flexibility index (Phi) is 1.80. The summed E-state index contributed by atoms with van der Waals surface area (Å²) in [6.07, 6.45) is 0. The fraction of sp³-hybridized carbons (Fsp3) is 0. The molecule has 38 valence electrons. The molecule has 0 amide bonds. The van der Waals surface area contributed by atoms with E-state index in [2.05, 4.69) is 29.9 Å². The van der Waals surface area contributed by atoms with Gasteiger partial charge in [0.15, 0.2) is 0 Å². The molecule has 0 aliphatic heterocycles. The zero-order chi connectivity index (χ0) is 5.28. The number of thiophene rings is 1. The van der Waals surface area contributed by atoms with Crippen LogP contribution in [0, 0.1) is 0 Å². The van der Waals surface area contributed by atoms with Crippen LogP contribution in [0.5, 0.6) is 0 Å². The summed E-state index contributed by atoms with van der Waals surface area (Å²) in [5, 5.41) is 3.38. The van der Waals surface area contributed by atoms with Crippen LogP contribution in [-0.4, -0.2) is 0 Å². The zero-order valence-electron chi connectivity index (χ0n) is 3.72. The second-order valence-corrected chi connectivity index (χ2v) is 3.93. The summed E-state index contributed by atoms with van der Waals surface area (Å²) in [4.78, 5) is 0. The third kappa shape index (κ3) is 1.49. The van der Waals surface area contributed by atoms with Crippen LogP contribution in [0.3, 0.4) is 0 Å². The van der Waals surface area contributed by atoms with E-state index >= 15 is 0 Å². The molecule has 1 heterocycles. The average molecular weight is 148 g/mol. The van der Waals surface area contributed by atoms with E-state index in [1.54, 1.807) is 11.3 Å². The van der Waals surface area contributed by atoms with Gasteiger partial charge in [-0.3, -0.25) is 0 Å². The molecule has 0 saturated carbocycles. The standard InChI is InChI=1S/C4H6P2S/c5-3-1-4(6)7-2-3/h1-2H,5-6H2. The van der Waals surface area contributed by atoms with Gasteiger partial charge in [-0.25, -0.2) is 0 Å². The van der Waals surface area contributed by atoms with E-state index in [1.807, 2.05) is 0 Å². The highest BCUT2D eigenvalue weighted by atomic mass is 32.1. The lowest BCUT2D eigenvalue weighted by molar-refractivity contribution is 2.25. The zero-order valence-corrected chi connectivity index (χ0v) is 6.84. The topological polar surface area (TPSA) is 0 Å². The van der Waals surface area contributed by atoms with E-state index in [1.165, 1.54) is 9.92 Å². The summed E-state index contributed by atoms with van der Waals surface area (Å²) in [5.74, 6) is 0. The Balaban J connectivity index is 3.04. The first kappa shape index (κ1) is 5.69. The van der Waals surface area contributed by atoms with E-state index in [0.717, 1.165) is 0 Å². The molecule has 3 heteroatoms. The average Bonchev–Trinajstić information content (AvgIpc) is 1.87. The van der Waals surface area contributed by atoms with E-state index in [4.69, 9.17) is 0 Å². The van der Waals surface area contributed by atoms with Crippen LogP contribution in [0.2, 0.25) is 0 Å². The maximum atomic E-state index is 2.66. The second kappa shape index (κ2) is 2.22. The van der Waals surface area contributed by atoms with E-state index in [9.17, 15) is 0 Å². The van der Waals surface area contributed by atoms with Gasteiger partial charge in [0.25, 0.3) is 0 Å². The van der Waals surface area contributed by atoms with Gasteiger partial charge in [0.2, 0.25) is 0 Å². The molecule has 0 N–H and O–H groups in total. The van der Waals surface area contributed by atoms with Gasteiger partial charge in [0.05, 0.1) is 0 Å². The van der Waals surface area contributed by atoms with Crippen LogP contribution in [0.25, 0.3) is 0 Å². The smallest absolute Gasteiger partial charge is 0.0222 e. The monoisotopic (exact) mass is 148 g/mol. The van der Waals surface area contributed by atoms with Crippen LogP contribution < -0.4 is 9.92 Å². The molecule has 2 atom stereocenters. The highest BCUT2D eigenvalue weighted by Gasteiger charge is 1.84. The van der Waals surface area contributed by atoms with Crippen molar-refractivity contribution in [3.8, 4) is 0 Å². The van der Waals surface area contributed by atoms with Crippen LogP contribution >= 0.6 is 29.8 Å². The lowest BCUT2D eigenvalue weighted by atomic mass is 10.7. The van der Waals surface area contributed by atoms with E-state index in [0.29, 0.717) is 0 Å².